The van der Waals surface area contributed by atoms with Crippen LogP contribution in [0.1, 0.15) is 35.8 Å². The zero-order valence-electron chi connectivity index (χ0n) is 15.7. The first-order valence-corrected chi connectivity index (χ1v) is 9.41. The van der Waals surface area contributed by atoms with Crippen molar-refractivity contribution >= 4 is 5.82 Å². The average molecular weight is 360 g/mol. The van der Waals surface area contributed by atoms with E-state index in [-0.39, 0.29) is 12.1 Å². The van der Waals surface area contributed by atoms with Gasteiger partial charge in [0.15, 0.2) is 5.82 Å². The molecule has 0 saturated carbocycles. The molecule has 0 amide bonds. The smallest absolute Gasteiger partial charge is 0.180 e. The Labute approximate surface area is 159 Å². The Kier molecular flexibility index (Phi) is 5.12. The van der Waals surface area contributed by atoms with Crippen molar-refractivity contribution in [3.05, 3.63) is 71.5 Å². The van der Waals surface area contributed by atoms with Gasteiger partial charge in [-0.1, -0.05) is 35.9 Å². The van der Waals surface area contributed by atoms with Gasteiger partial charge in [0, 0.05) is 24.6 Å². The van der Waals surface area contributed by atoms with Gasteiger partial charge in [0.2, 0.25) is 0 Å². The lowest BCUT2D eigenvalue weighted by molar-refractivity contribution is 0.00555. The maximum absolute atomic E-state index is 6.12. The minimum Gasteiger partial charge on any atom is -0.371 e. The third-order valence-electron chi connectivity index (χ3n) is 4.81. The summed E-state index contributed by atoms with van der Waals surface area (Å²) in [5.41, 5.74) is 4.15. The van der Waals surface area contributed by atoms with Gasteiger partial charge in [-0.25, -0.2) is 9.97 Å². The van der Waals surface area contributed by atoms with Crippen molar-refractivity contribution in [3.63, 3.8) is 0 Å². The van der Waals surface area contributed by atoms with Crippen LogP contribution in [0, 0.1) is 13.8 Å². The molecule has 5 heteroatoms. The maximum atomic E-state index is 6.12. The van der Waals surface area contributed by atoms with E-state index in [1.54, 1.807) is 6.20 Å². The molecule has 1 aliphatic rings. The van der Waals surface area contributed by atoms with Crippen LogP contribution >= 0.6 is 0 Å². The van der Waals surface area contributed by atoms with Crippen LogP contribution in [-0.2, 0) is 4.74 Å². The summed E-state index contributed by atoms with van der Waals surface area (Å²) in [6.07, 6.45) is 3.86. The van der Waals surface area contributed by atoms with Crippen molar-refractivity contribution in [2.75, 3.05) is 11.9 Å². The van der Waals surface area contributed by atoms with E-state index >= 15 is 0 Å². The van der Waals surface area contributed by atoms with Crippen molar-refractivity contribution in [2.45, 2.75) is 38.8 Å². The molecule has 0 aliphatic carbocycles. The molecule has 1 saturated heterocycles. The molecule has 3 heterocycles. The Morgan fingerprint density at radius 3 is 2.67 bits per heavy atom. The molecule has 1 aliphatic heterocycles. The SMILES string of the molecule is Cc1ccc([C@H]2OCCC[C@@H]2Nc2cc(C)nc(-c3ccccn3)n2)cc1. The number of anilines is 1. The molecule has 3 aromatic rings. The quantitative estimate of drug-likeness (QED) is 0.743. The molecular weight excluding hydrogens is 336 g/mol. The van der Waals surface area contributed by atoms with Gasteiger partial charge in [-0.15, -0.1) is 0 Å². The van der Waals surface area contributed by atoms with Crippen molar-refractivity contribution in [2.24, 2.45) is 0 Å². The van der Waals surface area contributed by atoms with E-state index in [0.717, 1.165) is 36.7 Å². The Bertz CT molecular complexity index is 896. The minimum atomic E-state index is 0.0212. The molecule has 2 atom stereocenters. The number of aromatic nitrogens is 3. The highest BCUT2D eigenvalue weighted by atomic mass is 16.5. The van der Waals surface area contributed by atoms with Gasteiger partial charge in [0.1, 0.15) is 17.6 Å². The number of pyridine rings is 1. The summed E-state index contributed by atoms with van der Waals surface area (Å²) in [4.78, 5) is 13.6. The van der Waals surface area contributed by atoms with Gasteiger partial charge in [0.25, 0.3) is 0 Å². The predicted octanol–water partition coefficient (Wildman–Crippen LogP) is 4.49. The number of benzene rings is 1. The predicted molar refractivity (Wildman–Crippen MR) is 107 cm³/mol. The molecule has 0 bridgehead atoms. The first-order valence-electron chi connectivity index (χ1n) is 9.41. The normalized spacial score (nSPS) is 19.6. The Morgan fingerprint density at radius 2 is 1.89 bits per heavy atom. The molecular formula is C22H24N4O. The average Bonchev–Trinajstić information content (AvgIpc) is 2.69. The molecule has 0 radical (unpaired) electrons. The van der Waals surface area contributed by atoms with Crippen LogP contribution in [0.2, 0.25) is 0 Å². The fourth-order valence-electron chi connectivity index (χ4n) is 3.46. The number of rotatable bonds is 4. The molecule has 4 rings (SSSR count). The molecule has 2 aromatic heterocycles. The van der Waals surface area contributed by atoms with E-state index < -0.39 is 0 Å². The topological polar surface area (TPSA) is 59.9 Å². The van der Waals surface area contributed by atoms with Crippen molar-refractivity contribution < 1.29 is 4.74 Å². The van der Waals surface area contributed by atoms with E-state index in [4.69, 9.17) is 9.72 Å². The summed E-state index contributed by atoms with van der Waals surface area (Å²) in [5, 5.41) is 3.59. The number of hydrogen-bond donors (Lipinski definition) is 1. The third kappa shape index (κ3) is 4.14. The van der Waals surface area contributed by atoms with Crippen LogP contribution in [0.15, 0.2) is 54.7 Å². The second-order valence-corrected chi connectivity index (χ2v) is 7.03. The third-order valence-corrected chi connectivity index (χ3v) is 4.81. The number of hydrogen-bond acceptors (Lipinski definition) is 5. The number of aryl methyl sites for hydroxylation is 2. The zero-order valence-corrected chi connectivity index (χ0v) is 15.7. The lowest BCUT2D eigenvalue weighted by Crippen LogP contribution is -2.34. The lowest BCUT2D eigenvalue weighted by Gasteiger charge is -2.33. The highest BCUT2D eigenvalue weighted by molar-refractivity contribution is 5.53. The molecule has 1 aromatic carbocycles. The monoisotopic (exact) mass is 360 g/mol. The Balaban J connectivity index is 1.60. The van der Waals surface area contributed by atoms with Crippen LogP contribution in [0.25, 0.3) is 11.5 Å². The van der Waals surface area contributed by atoms with Crippen LogP contribution in [-0.4, -0.2) is 27.6 Å². The highest BCUT2D eigenvalue weighted by Crippen LogP contribution is 2.31. The van der Waals surface area contributed by atoms with Gasteiger partial charge >= 0.3 is 0 Å². The first-order chi connectivity index (χ1) is 13.2. The van der Waals surface area contributed by atoms with Crippen LogP contribution in [0.3, 0.4) is 0 Å². The van der Waals surface area contributed by atoms with Crippen LogP contribution < -0.4 is 5.32 Å². The standard InChI is InChI=1S/C22H24N4O/c1-15-8-10-17(11-9-15)21-18(7-5-13-27-21)25-20-14-16(2)24-22(26-20)19-6-3-4-12-23-19/h3-4,6,8-12,14,18,21H,5,7,13H2,1-2H3,(H,24,25,26)/t18-,21+/m0/s1. The van der Waals surface area contributed by atoms with Crippen molar-refractivity contribution in [1.82, 2.24) is 15.0 Å². The van der Waals surface area contributed by atoms with Gasteiger partial charge in [-0.3, -0.25) is 4.98 Å². The number of nitrogens with one attached hydrogen (secondary N) is 1. The summed E-state index contributed by atoms with van der Waals surface area (Å²) in [5.74, 6) is 1.46. The van der Waals surface area contributed by atoms with Gasteiger partial charge in [-0.2, -0.15) is 0 Å². The Hall–Kier alpha value is -2.79. The van der Waals surface area contributed by atoms with E-state index in [1.807, 2.05) is 31.2 Å². The largest absolute Gasteiger partial charge is 0.371 e. The van der Waals surface area contributed by atoms with E-state index in [0.29, 0.717) is 5.82 Å². The molecule has 1 N–H and O–H groups in total. The Morgan fingerprint density at radius 1 is 1.04 bits per heavy atom. The van der Waals surface area contributed by atoms with E-state index in [1.165, 1.54) is 11.1 Å². The highest BCUT2D eigenvalue weighted by Gasteiger charge is 2.28. The minimum absolute atomic E-state index is 0.0212. The summed E-state index contributed by atoms with van der Waals surface area (Å²) in [6, 6.07) is 16.5. The molecule has 27 heavy (non-hydrogen) atoms. The first kappa shape index (κ1) is 17.6. The van der Waals surface area contributed by atoms with Gasteiger partial charge in [-0.05, 0) is 44.4 Å². The van der Waals surface area contributed by atoms with E-state index in [9.17, 15) is 0 Å². The fourth-order valence-corrected chi connectivity index (χ4v) is 3.46. The molecule has 138 valence electrons. The molecule has 0 unspecified atom stereocenters. The van der Waals surface area contributed by atoms with Gasteiger partial charge in [0.05, 0.1) is 6.04 Å². The summed E-state index contributed by atoms with van der Waals surface area (Å²) < 4.78 is 6.12. The number of nitrogens with zero attached hydrogens (tertiary/aromatic N) is 3. The van der Waals surface area contributed by atoms with Crippen LogP contribution in [0.4, 0.5) is 5.82 Å². The number of ether oxygens (including phenoxy) is 1. The summed E-state index contributed by atoms with van der Waals surface area (Å²) >= 11 is 0. The summed E-state index contributed by atoms with van der Waals surface area (Å²) in [7, 11) is 0. The van der Waals surface area contributed by atoms with E-state index in [2.05, 4.69) is 46.5 Å². The van der Waals surface area contributed by atoms with Gasteiger partial charge < -0.3 is 10.1 Å². The van der Waals surface area contributed by atoms with Crippen LogP contribution in [0.5, 0.6) is 0 Å². The summed E-state index contributed by atoms with van der Waals surface area (Å²) in [6.45, 7) is 4.87. The van der Waals surface area contributed by atoms with Crippen molar-refractivity contribution in [3.8, 4) is 11.5 Å². The molecule has 0 spiro atoms. The lowest BCUT2D eigenvalue weighted by atomic mass is 9.95. The second kappa shape index (κ2) is 7.84. The van der Waals surface area contributed by atoms with Crippen molar-refractivity contribution in [1.29, 1.82) is 0 Å². The molecule has 1 fully saturated rings. The molecule has 5 nitrogen and oxygen atoms in total. The second-order valence-electron chi connectivity index (χ2n) is 7.03. The fraction of sp³-hybridized carbons (Fsp3) is 0.318. The maximum Gasteiger partial charge on any atom is 0.180 e. The zero-order chi connectivity index (χ0) is 18.6.